The Morgan fingerprint density at radius 2 is 2.00 bits per heavy atom. The molecule has 0 radical (unpaired) electrons. The van der Waals surface area contributed by atoms with Crippen LogP contribution in [0.1, 0.15) is 17.0 Å². The smallest absolute Gasteiger partial charge is 0.103 e. The van der Waals surface area contributed by atoms with Crippen LogP contribution in [0, 0.1) is 25.2 Å². The highest BCUT2D eigenvalue weighted by atomic mass is 15.4. The Morgan fingerprint density at radius 1 is 1.31 bits per heavy atom. The predicted octanol–water partition coefficient (Wildman–Crippen LogP) is 2.25. The summed E-state index contributed by atoms with van der Waals surface area (Å²) in [5.41, 5.74) is 6.15. The first kappa shape index (κ1) is 10.2. The normalized spacial score (nSPS) is 9.81. The molecule has 0 unspecified atom stereocenters. The molecule has 0 saturated carbocycles. The quantitative estimate of drug-likeness (QED) is 0.830. The van der Waals surface area contributed by atoms with Crippen molar-refractivity contribution in [3.05, 3.63) is 47.5 Å². The van der Waals surface area contributed by atoms with E-state index in [0.29, 0.717) is 5.56 Å². The van der Waals surface area contributed by atoms with E-state index in [2.05, 4.69) is 16.5 Å². The Kier molecular flexibility index (Phi) is 2.61. The summed E-state index contributed by atoms with van der Waals surface area (Å²) < 4.78 is 1.80. The first-order chi connectivity index (χ1) is 7.70. The number of hydrogen-bond donors (Lipinski definition) is 1. The highest BCUT2D eigenvalue weighted by Gasteiger charge is 2.07. The van der Waals surface area contributed by atoms with E-state index in [1.807, 2.05) is 44.4 Å². The van der Waals surface area contributed by atoms with Crippen LogP contribution in [0.25, 0.3) is 0 Å². The summed E-state index contributed by atoms with van der Waals surface area (Å²) in [6.45, 7) is 3.75. The van der Waals surface area contributed by atoms with Crippen LogP contribution in [-0.4, -0.2) is 9.66 Å². The largest absolute Gasteiger partial charge is 0.293 e. The molecule has 2 rings (SSSR count). The van der Waals surface area contributed by atoms with Gasteiger partial charge in [-0.2, -0.15) is 5.26 Å². The molecule has 1 N–H and O–H groups in total. The fourth-order valence-corrected chi connectivity index (χ4v) is 1.61. The topological polar surface area (TPSA) is 53.6 Å². The van der Waals surface area contributed by atoms with Crippen LogP contribution in [0.15, 0.2) is 30.6 Å². The molecule has 0 aliphatic rings. The summed E-state index contributed by atoms with van der Waals surface area (Å²) in [6, 6.07) is 7.87. The fraction of sp³-hybridized carbons (Fsp3) is 0.167. The van der Waals surface area contributed by atoms with Crippen LogP contribution in [0.2, 0.25) is 0 Å². The van der Waals surface area contributed by atoms with Gasteiger partial charge >= 0.3 is 0 Å². The molecule has 2 aromatic rings. The molecule has 0 amide bonds. The Morgan fingerprint density at radius 3 is 2.62 bits per heavy atom. The third-order valence-electron chi connectivity index (χ3n) is 2.29. The number of anilines is 1. The molecule has 0 aromatic carbocycles. The van der Waals surface area contributed by atoms with Crippen molar-refractivity contribution in [2.24, 2.45) is 0 Å². The van der Waals surface area contributed by atoms with Crippen LogP contribution in [-0.2, 0) is 0 Å². The van der Waals surface area contributed by atoms with E-state index in [0.717, 1.165) is 17.1 Å². The second-order valence-corrected chi connectivity index (χ2v) is 3.59. The van der Waals surface area contributed by atoms with Gasteiger partial charge in [0.1, 0.15) is 6.07 Å². The van der Waals surface area contributed by atoms with Crippen molar-refractivity contribution in [2.75, 3.05) is 5.43 Å². The SMILES string of the molecule is Cc1cc(Nn2cccc2)c(C#N)c(C)n1. The Labute approximate surface area is 94.1 Å². The number of aromatic nitrogens is 2. The van der Waals surface area contributed by atoms with E-state index < -0.39 is 0 Å². The van der Waals surface area contributed by atoms with Crippen LogP contribution in [0.5, 0.6) is 0 Å². The van der Waals surface area contributed by atoms with Gasteiger partial charge in [-0.15, -0.1) is 0 Å². The number of nitrogens with one attached hydrogen (secondary N) is 1. The first-order valence-electron chi connectivity index (χ1n) is 4.99. The Bertz CT molecular complexity index is 535. The third-order valence-corrected chi connectivity index (χ3v) is 2.29. The Hall–Kier alpha value is -2.28. The second-order valence-electron chi connectivity index (χ2n) is 3.59. The molecule has 0 spiro atoms. The minimum Gasteiger partial charge on any atom is -0.293 e. The minimum atomic E-state index is 0.583. The van der Waals surface area contributed by atoms with Gasteiger partial charge in [-0.05, 0) is 32.0 Å². The summed E-state index contributed by atoms with van der Waals surface area (Å²) in [5, 5.41) is 9.08. The molecule has 4 heteroatoms. The summed E-state index contributed by atoms with van der Waals surface area (Å²) in [5.74, 6) is 0. The molecule has 0 bridgehead atoms. The summed E-state index contributed by atoms with van der Waals surface area (Å²) >= 11 is 0. The van der Waals surface area contributed by atoms with E-state index in [1.165, 1.54) is 0 Å². The zero-order chi connectivity index (χ0) is 11.5. The van der Waals surface area contributed by atoms with E-state index in [4.69, 9.17) is 5.26 Å². The summed E-state index contributed by atoms with van der Waals surface area (Å²) in [6.07, 6.45) is 3.76. The van der Waals surface area contributed by atoms with Crippen molar-refractivity contribution in [2.45, 2.75) is 13.8 Å². The van der Waals surface area contributed by atoms with Crippen LogP contribution in [0.4, 0.5) is 5.69 Å². The van der Waals surface area contributed by atoms with Crippen LogP contribution < -0.4 is 5.43 Å². The molecule has 4 nitrogen and oxygen atoms in total. The van der Waals surface area contributed by atoms with Gasteiger partial charge < -0.3 is 0 Å². The van der Waals surface area contributed by atoms with Crippen molar-refractivity contribution in [3.63, 3.8) is 0 Å². The molecule has 0 aliphatic heterocycles. The van der Waals surface area contributed by atoms with Crippen LogP contribution in [0.3, 0.4) is 0 Å². The molecule has 0 aliphatic carbocycles. The maximum Gasteiger partial charge on any atom is 0.103 e. The monoisotopic (exact) mass is 212 g/mol. The van der Waals surface area contributed by atoms with Crippen LogP contribution >= 0.6 is 0 Å². The van der Waals surface area contributed by atoms with E-state index in [1.54, 1.807) is 4.68 Å². The van der Waals surface area contributed by atoms with Gasteiger partial charge in [0.2, 0.25) is 0 Å². The first-order valence-corrected chi connectivity index (χ1v) is 4.99. The maximum absolute atomic E-state index is 9.08. The average Bonchev–Trinajstić information content (AvgIpc) is 2.70. The van der Waals surface area contributed by atoms with E-state index in [-0.39, 0.29) is 0 Å². The number of nitrogens with zero attached hydrogens (tertiary/aromatic N) is 3. The molecular formula is C12H12N4. The zero-order valence-corrected chi connectivity index (χ0v) is 9.23. The molecule has 16 heavy (non-hydrogen) atoms. The average molecular weight is 212 g/mol. The predicted molar refractivity (Wildman–Crippen MR) is 61.9 cm³/mol. The van der Waals surface area contributed by atoms with Gasteiger partial charge in [0.25, 0.3) is 0 Å². The van der Waals surface area contributed by atoms with Gasteiger partial charge in [-0.3, -0.25) is 15.1 Å². The molecule has 2 aromatic heterocycles. The van der Waals surface area contributed by atoms with Gasteiger partial charge in [0.05, 0.1) is 16.9 Å². The van der Waals surface area contributed by atoms with Crippen molar-refractivity contribution < 1.29 is 0 Å². The number of rotatable bonds is 2. The molecule has 0 saturated heterocycles. The van der Waals surface area contributed by atoms with Crippen molar-refractivity contribution in [3.8, 4) is 6.07 Å². The van der Waals surface area contributed by atoms with Crippen molar-refractivity contribution in [1.29, 1.82) is 5.26 Å². The molecule has 0 atom stereocenters. The minimum absolute atomic E-state index is 0.583. The molecule has 2 heterocycles. The van der Waals surface area contributed by atoms with Crippen molar-refractivity contribution >= 4 is 5.69 Å². The second kappa shape index (κ2) is 4.07. The summed E-state index contributed by atoms with van der Waals surface area (Å²) in [7, 11) is 0. The lowest BCUT2D eigenvalue weighted by Crippen LogP contribution is -2.09. The highest BCUT2D eigenvalue weighted by molar-refractivity contribution is 5.59. The summed E-state index contributed by atoms with van der Waals surface area (Å²) in [4.78, 5) is 4.26. The third kappa shape index (κ3) is 1.89. The standard InChI is InChI=1S/C12H12N4/c1-9-7-12(11(8-13)10(2)14-9)15-16-5-3-4-6-16/h3-7H,1-2H3,(H,14,15). The number of hydrogen-bond acceptors (Lipinski definition) is 3. The van der Waals surface area contributed by atoms with Gasteiger partial charge in [0, 0.05) is 18.1 Å². The number of pyridine rings is 1. The van der Waals surface area contributed by atoms with E-state index in [9.17, 15) is 0 Å². The molecule has 80 valence electrons. The van der Waals surface area contributed by atoms with Gasteiger partial charge in [-0.1, -0.05) is 0 Å². The lowest BCUT2D eigenvalue weighted by molar-refractivity contribution is 0.960. The lowest BCUT2D eigenvalue weighted by Gasteiger charge is -2.11. The lowest BCUT2D eigenvalue weighted by atomic mass is 10.1. The van der Waals surface area contributed by atoms with Gasteiger partial charge in [0.15, 0.2) is 0 Å². The Balaban J connectivity index is 2.44. The molecular weight excluding hydrogens is 200 g/mol. The highest BCUT2D eigenvalue weighted by Crippen LogP contribution is 2.18. The fourth-order valence-electron chi connectivity index (χ4n) is 1.61. The number of aryl methyl sites for hydroxylation is 2. The number of nitriles is 1. The maximum atomic E-state index is 9.08. The molecule has 0 fully saturated rings. The van der Waals surface area contributed by atoms with E-state index >= 15 is 0 Å². The van der Waals surface area contributed by atoms with Crippen molar-refractivity contribution in [1.82, 2.24) is 9.66 Å². The van der Waals surface area contributed by atoms with Gasteiger partial charge in [-0.25, -0.2) is 0 Å². The zero-order valence-electron chi connectivity index (χ0n) is 9.23.